The van der Waals surface area contributed by atoms with Crippen LogP contribution < -0.4 is 0 Å². The normalized spacial score (nSPS) is 9.71. The van der Waals surface area contributed by atoms with Crippen molar-refractivity contribution >= 4 is 11.8 Å². The van der Waals surface area contributed by atoms with E-state index in [-0.39, 0.29) is 0 Å². The predicted molar refractivity (Wildman–Crippen MR) is 56.2 cm³/mol. The van der Waals surface area contributed by atoms with Gasteiger partial charge < -0.3 is 4.74 Å². The van der Waals surface area contributed by atoms with Gasteiger partial charge in [-0.05, 0) is 12.5 Å². The number of rotatable bonds is 5. The molecule has 1 heterocycles. The first kappa shape index (κ1) is 11.0. The molecule has 0 saturated heterocycles. The molecule has 1 aromatic heterocycles. The third-order valence-corrected chi connectivity index (χ3v) is 2.78. The molecule has 0 amide bonds. The summed E-state index contributed by atoms with van der Waals surface area (Å²) in [5, 5.41) is 8.81. The number of aromatic nitrogens is 1. The van der Waals surface area contributed by atoms with E-state index in [1.807, 2.05) is 0 Å². The number of hydrogen-bond acceptors (Lipinski definition) is 4. The molecule has 0 fully saturated rings. The molecule has 0 atom stereocenters. The second-order valence-corrected chi connectivity index (χ2v) is 3.82. The lowest BCUT2D eigenvalue weighted by molar-refractivity contribution is 0.200. The number of ether oxygens (including phenoxy) is 1. The van der Waals surface area contributed by atoms with Crippen LogP contribution in [0.3, 0.4) is 0 Å². The number of hydrogen-bond donors (Lipinski definition) is 0. The molecule has 0 radical (unpaired) electrons. The Bertz CT molecular complexity index is 322. The van der Waals surface area contributed by atoms with Crippen LogP contribution in [0.1, 0.15) is 12.0 Å². The summed E-state index contributed by atoms with van der Waals surface area (Å²) in [6.45, 7) is 0.759. The van der Waals surface area contributed by atoms with E-state index in [0.29, 0.717) is 5.56 Å². The summed E-state index contributed by atoms with van der Waals surface area (Å²) in [5.74, 6) is 0.953. The van der Waals surface area contributed by atoms with Crippen molar-refractivity contribution in [3.8, 4) is 6.07 Å². The molecule has 0 spiro atoms. The average molecular weight is 208 g/mol. The molecule has 0 aliphatic carbocycles. The van der Waals surface area contributed by atoms with Gasteiger partial charge in [-0.3, -0.25) is 4.98 Å². The minimum atomic E-state index is 0.697. The summed E-state index contributed by atoms with van der Waals surface area (Å²) in [6.07, 6.45) is 4.36. The maximum absolute atomic E-state index is 8.81. The second-order valence-electron chi connectivity index (χ2n) is 2.68. The highest BCUT2D eigenvalue weighted by Crippen LogP contribution is 2.21. The van der Waals surface area contributed by atoms with Gasteiger partial charge >= 0.3 is 0 Å². The van der Waals surface area contributed by atoms with Gasteiger partial charge in [-0.25, -0.2) is 0 Å². The van der Waals surface area contributed by atoms with E-state index in [4.69, 9.17) is 10.00 Å². The summed E-state index contributed by atoms with van der Waals surface area (Å²) in [5.41, 5.74) is 0.697. The Morgan fingerprint density at radius 3 is 3.21 bits per heavy atom. The van der Waals surface area contributed by atoms with Gasteiger partial charge in [-0.2, -0.15) is 5.26 Å². The third kappa shape index (κ3) is 3.36. The van der Waals surface area contributed by atoms with Crippen LogP contribution in [0.25, 0.3) is 0 Å². The minimum absolute atomic E-state index is 0.697. The maximum atomic E-state index is 8.81. The molecule has 0 aliphatic heterocycles. The molecular weight excluding hydrogens is 196 g/mol. The van der Waals surface area contributed by atoms with Crippen LogP contribution >= 0.6 is 11.8 Å². The molecule has 0 unspecified atom stereocenters. The summed E-state index contributed by atoms with van der Waals surface area (Å²) in [7, 11) is 1.69. The molecule has 3 nitrogen and oxygen atoms in total. The van der Waals surface area contributed by atoms with Gasteiger partial charge in [-0.15, -0.1) is 11.8 Å². The lowest BCUT2D eigenvalue weighted by Gasteiger charge is -2.01. The highest BCUT2D eigenvalue weighted by Gasteiger charge is 2.00. The Balaban J connectivity index is 2.46. The Hall–Kier alpha value is -1.05. The Kier molecular flexibility index (Phi) is 5.05. The van der Waals surface area contributed by atoms with Crippen LogP contribution in [-0.4, -0.2) is 24.5 Å². The number of thioether (sulfide) groups is 1. The maximum Gasteiger partial charge on any atom is 0.100 e. The number of pyridine rings is 1. The van der Waals surface area contributed by atoms with Crippen molar-refractivity contribution in [2.75, 3.05) is 19.5 Å². The van der Waals surface area contributed by atoms with Crippen molar-refractivity contribution < 1.29 is 4.74 Å². The first-order valence-corrected chi connectivity index (χ1v) is 5.33. The standard InChI is InChI=1S/C10H12N2OS/c1-13-5-2-6-14-10-8-12-4-3-9(10)7-11/h3-4,8H,2,5-6H2,1H3. The molecule has 0 aromatic carbocycles. The number of nitriles is 1. The van der Waals surface area contributed by atoms with Crippen molar-refractivity contribution in [3.05, 3.63) is 24.0 Å². The van der Waals surface area contributed by atoms with Crippen LogP contribution in [0.15, 0.2) is 23.4 Å². The molecule has 0 aliphatic rings. The smallest absolute Gasteiger partial charge is 0.100 e. The van der Waals surface area contributed by atoms with Crippen molar-refractivity contribution in [1.82, 2.24) is 4.98 Å². The molecule has 74 valence electrons. The fourth-order valence-corrected chi connectivity index (χ4v) is 1.86. The quantitative estimate of drug-likeness (QED) is 0.549. The topological polar surface area (TPSA) is 45.9 Å². The molecular formula is C10H12N2OS. The van der Waals surface area contributed by atoms with E-state index in [2.05, 4.69) is 11.1 Å². The van der Waals surface area contributed by atoms with Gasteiger partial charge in [-0.1, -0.05) is 0 Å². The van der Waals surface area contributed by atoms with Crippen LogP contribution in [0.4, 0.5) is 0 Å². The zero-order valence-corrected chi connectivity index (χ0v) is 8.88. The van der Waals surface area contributed by atoms with E-state index < -0.39 is 0 Å². The SMILES string of the molecule is COCCCSc1cnccc1C#N. The van der Waals surface area contributed by atoms with Gasteiger partial charge in [0.05, 0.1) is 5.56 Å². The predicted octanol–water partition coefficient (Wildman–Crippen LogP) is 2.08. The minimum Gasteiger partial charge on any atom is -0.385 e. The Morgan fingerprint density at radius 2 is 2.50 bits per heavy atom. The molecule has 0 saturated carbocycles. The van der Waals surface area contributed by atoms with Crippen LogP contribution in [-0.2, 0) is 4.74 Å². The van der Waals surface area contributed by atoms with Crippen molar-refractivity contribution in [2.24, 2.45) is 0 Å². The molecule has 0 bridgehead atoms. The van der Waals surface area contributed by atoms with Crippen LogP contribution in [0.5, 0.6) is 0 Å². The largest absolute Gasteiger partial charge is 0.385 e. The van der Waals surface area contributed by atoms with E-state index >= 15 is 0 Å². The molecule has 1 rings (SSSR count). The van der Waals surface area contributed by atoms with Crippen molar-refractivity contribution in [1.29, 1.82) is 5.26 Å². The van der Waals surface area contributed by atoms with Gasteiger partial charge in [0.25, 0.3) is 0 Å². The van der Waals surface area contributed by atoms with Crippen LogP contribution in [0.2, 0.25) is 0 Å². The summed E-state index contributed by atoms with van der Waals surface area (Å²) >= 11 is 1.65. The van der Waals surface area contributed by atoms with Gasteiger partial charge in [0.1, 0.15) is 6.07 Å². The third-order valence-electron chi connectivity index (χ3n) is 1.66. The molecule has 4 heteroatoms. The van der Waals surface area contributed by atoms with Gasteiger partial charge in [0.15, 0.2) is 0 Å². The van der Waals surface area contributed by atoms with E-state index in [9.17, 15) is 0 Å². The molecule has 1 aromatic rings. The molecule has 0 N–H and O–H groups in total. The summed E-state index contributed by atoms with van der Waals surface area (Å²) in [6, 6.07) is 3.88. The first-order chi connectivity index (χ1) is 6.88. The fraction of sp³-hybridized carbons (Fsp3) is 0.400. The lowest BCUT2D eigenvalue weighted by Crippen LogP contribution is -1.91. The van der Waals surface area contributed by atoms with Gasteiger partial charge in [0, 0.05) is 36.8 Å². The monoisotopic (exact) mass is 208 g/mol. The lowest BCUT2D eigenvalue weighted by atomic mass is 10.3. The summed E-state index contributed by atoms with van der Waals surface area (Å²) in [4.78, 5) is 4.94. The zero-order valence-electron chi connectivity index (χ0n) is 8.06. The summed E-state index contributed by atoms with van der Waals surface area (Å²) < 4.78 is 4.94. The second kappa shape index (κ2) is 6.41. The zero-order chi connectivity index (χ0) is 10.2. The Labute approximate surface area is 88.1 Å². The average Bonchev–Trinajstić information content (AvgIpc) is 2.25. The van der Waals surface area contributed by atoms with E-state index in [1.54, 1.807) is 37.3 Å². The highest BCUT2D eigenvalue weighted by atomic mass is 32.2. The molecule has 14 heavy (non-hydrogen) atoms. The van der Waals surface area contributed by atoms with Crippen molar-refractivity contribution in [2.45, 2.75) is 11.3 Å². The van der Waals surface area contributed by atoms with Crippen LogP contribution in [0, 0.1) is 11.3 Å². The van der Waals surface area contributed by atoms with E-state index in [1.165, 1.54) is 0 Å². The number of nitrogens with zero attached hydrogens (tertiary/aromatic N) is 2. The Morgan fingerprint density at radius 1 is 1.64 bits per heavy atom. The fourth-order valence-electron chi connectivity index (χ4n) is 0.973. The first-order valence-electron chi connectivity index (χ1n) is 4.34. The van der Waals surface area contributed by atoms with E-state index in [0.717, 1.165) is 23.7 Å². The number of methoxy groups -OCH3 is 1. The van der Waals surface area contributed by atoms with Crippen molar-refractivity contribution in [3.63, 3.8) is 0 Å². The van der Waals surface area contributed by atoms with Gasteiger partial charge in [0.2, 0.25) is 0 Å². The highest BCUT2D eigenvalue weighted by molar-refractivity contribution is 7.99.